The molecule has 0 spiro atoms. The van der Waals surface area contributed by atoms with Gasteiger partial charge in [0.05, 0.1) is 18.2 Å². The fourth-order valence-electron chi connectivity index (χ4n) is 4.18. The SMILES string of the molecule is CCC[C@H]1C[C@H]1C(=O)N1CCc2[nH]c3c(C(=O)OC)cccc3c2C1. The maximum Gasteiger partial charge on any atom is 0.339 e. The van der Waals surface area contributed by atoms with E-state index in [1.54, 1.807) is 6.07 Å². The first-order chi connectivity index (χ1) is 12.1. The number of fused-ring (bicyclic) bond motifs is 3. The quantitative estimate of drug-likeness (QED) is 0.869. The summed E-state index contributed by atoms with van der Waals surface area (Å²) in [6.07, 6.45) is 4.17. The molecule has 0 radical (unpaired) electrons. The molecule has 132 valence electrons. The van der Waals surface area contributed by atoms with Crippen LogP contribution in [0, 0.1) is 11.8 Å². The highest BCUT2D eigenvalue weighted by molar-refractivity contribution is 6.04. The molecule has 5 heteroatoms. The molecule has 0 bridgehead atoms. The Hall–Kier alpha value is -2.30. The highest BCUT2D eigenvalue weighted by atomic mass is 16.5. The predicted molar refractivity (Wildman–Crippen MR) is 95.3 cm³/mol. The number of rotatable bonds is 4. The Bertz CT molecular complexity index is 839. The number of aromatic nitrogens is 1. The van der Waals surface area contributed by atoms with Crippen molar-refractivity contribution in [2.75, 3.05) is 13.7 Å². The summed E-state index contributed by atoms with van der Waals surface area (Å²) >= 11 is 0. The number of aromatic amines is 1. The van der Waals surface area contributed by atoms with Gasteiger partial charge in [0, 0.05) is 42.1 Å². The van der Waals surface area contributed by atoms with E-state index in [9.17, 15) is 9.59 Å². The number of amides is 1. The normalized spacial score (nSPS) is 21.9. The number of hydrogen-bond acceptors (Lipinski definition) is 3. The molecule has 2 atom stereocenters. The van der Waals surface area contributed by atoms with Crippen molar-refractivity contribution in [3.8, 4) is 0 Å². The maximum absolute atomic E-state index is 12.8. The van der Waals surface area contributed by atoms with Gasteiger partial charge in [-0.2, -0.15) is 0 Å². The van der Waals surface area contributed by atoms with Crippen LogP contribution < -0.4 is 0 Å². The van der Waals surface area contributed by atoms with Gasteiger partial charge in [0.15, 0.2) is 0 Å². The van der Waals surface area contributed by atoms with E-state index in [0.29, 0.717) is 23.9 Å². The number of carbonyl (C=O) groups is 2. The first-order valence-corrected chi connectivity index (χ1v) is 9.13. The Morgan fingerprint density at radius 3 is 2.96 bits per heavy atom. The van der Waals surface area contributed by atoms with Crippen molar-refractivity contribution >= 4 is 22.8 Å². The molecule has 5 nitrogen and oxygen atoms in total. The van der Waals surface area contributed by atoms with Gasteiger partial charge < -0.3 is 14.6 Å². The number of nitrogens with one attached hydrogen (secondary N) is 1. The second-order valence-electron chi connectivity index (χ2n) is 7.20. The zero-order valence-corrected chi connectivity index (χ0v) is 14.8. The van der Waals surface area contributed by atoms with Crippen LogP contribution >= 0.6 is 0 Å². The lowest BCUT2D eigenvalue weighted by atomic mass is 10.0. The zero-order chi connectivity index (χ0) is 17.6. The van der Waals surface area contributed by atoms with Crippen molar-refractivity contribution in [1.29, 1.82) is 0 Å². The van der Waals surface area contributed by atoms with Crippen molar-refractivity contribution in [3.05, 3.63) is 35.0 Å². The number of carbonyl (C=O) groups excluding carboxylic acids is 2. The minimum Gasteiger partial charge on any atom is -0.465 e. The number of methoxy groups -OCH3 is 1. The lowest BCUT2D eigenvalue weighted by Gasteiger charge is -2.27. The Morgan fingerprint density at radius 1 is 1.36 bits per heavy atom. The zero-order valence-electron chi connectivity index (χ0n) is 14.8. The van der Waals surface area contributed by atoms with E-state index in [-0.39, 0.29) is 11.9 Å². The molecule has 1 aliphatic carbocycles. The number of H-pyrrole nitrogens is 1. The molecule has 1 aromatic heterocycles. The number of ether oxygens (including phenoxy) is 1. The third-order valence-electron chi connectivity index (χ3n) is 5.63. The molecule has 1 saturated carbocycles. The van der Waals surface area contributed by atoms with E-state index in [2.05, 4.69) is 11.9 Å². The Labute approximate surface area is 147 Å². The minimum absolute atomic E-state index is 0.234. The fraction of sp³-hybridized carbons (Fsp3) is 0.500. The van der Waals surface area contributed by atoms with E-state index in [1.165, 1.54) is 7.11 Å². The number of esters is 1. The average Bonchev–Trinajstić information content (AvgIpc) is 3.30. The van der Waals surface area contributed by atoms with Gasteiger partial charge in [-0.25, -0.2) is 4.79 Å². The van der Waals surface area contributed by atoms with Crippen LogP contribution in [0.15, 0.2) is 18.2 Å². The van der Waals surface area contributed by atoms with Crippen LogP contribution in [-0.4, -0.2) is 35.4 Å². The first-order valence-electron chi connectivity index (χ1n) is 9.13. The van der Waals surface area contributed by atoms with Gasteiger partial charge in [0.2, 0.25) is 5.91 Å². The van der Waals surface area contributed by atoms with E-state index >= 15 is 0 Å². The molecule has 1 fully saturated rings. The summed E-state index contributed by atoms with van der Waals surface area (Å²) in [4.78, 5) is 30.2. The van der Waals surface area contributed by atoms with Crippen molar-refractivity contribution < 1.29 is 14.3 Å². The van der Waals surface area contributed by atoms with Crippen LogP contribution in [0.2, 0.25) is 0 Å². The molecular formula is C20H24N2O3. The van der Waals surface area contributed by atoms with Crippen LogP contribution in [0.1, 0.15) is 47.8 Å². The van der Waals surface area contributed by atoms with E-state index < -0.39 is 0 Å². The fourth-order valence-corrected chi connectivity index (χ4v) is 4.18. The van der Waals surface area contributed by atoms with Gasteiger partial charge in [-0.3, -0.25) is 4.79 Å². The molecule has 0 unspecified atom stereocenters. The monoisotopic (exact) mass is 340 g/mol. The molecule has 1 amide bonds. The summed E-state index contributed by atoms with van der Waals surface area (Å²) < 4.78 is 4.89. The maximum atomic E-state index is 12.8. The van der Waals surface area contributed by atoms with E-state index in [0.717, 1.165) is 54.4 Å². The van der Waals surface area contributed by atoms with Gasteiger partial charge in [0.25, 0.3) is 0 Å². The first kappa shape index (κ1) is 16.2. The Morgan fingerprint density at radius 2 is 2.20 bits per heavy atom. The lowest BCUT2D eigenvalue weighted by Crippen LogP contribution is -2.37. The molecule has 2 aromatic rings. The molecule has 0 saturated heterocycles. The smallest absolute Gasteiger partial charge is 0.339 e. The van der Waals surface area contributed by atoms with Gasteiger partial charge in [-0.1, -0.05) is 25.5 Å². The largest absolute Gasteiger partial charge is 0.465 e. The summed E-state index contributed by atoms with van der Waals surface area (Å²) in [6, 6.07) is 5.67. The van der Waals surface area contributed by atoms with Crippen LogP contribution in [0.25, 0.3) is 10.9 Å². The van der Waals surface area contributed by atoms with Crippen LogP contribution in [0.3, 0.4) is 0 Å². The van der Waals surface area contributed by atoms with E-state index in [4.69, 9.17) is 4.74 Å². The summed E-state index contributed by atoms with van der Waals surface area (Å²) in [5.74, 6) is 0.796. The summed E-state index contributed by atoms with van der Waals surface area (Å²) in [5, 5.41) is 1.02. The highest BCUT2D eigenvalue weighted by Gasteiger charge is 2.44. The molecule has 2 aliphatic rings. The second kappa shape index (κ2) is 6.21. The predicted octanol–water partition coefficient (Wildman–Crippen LogP) is 3.28. The number of para-hydroxylation sites is 1. The summed E-state index contributed by atoms with van der Waals surface area (Å²) in [5.41, 5.74) is 3.66. The van der Waals surface area contributed by atoms with Crippen molar-refractivity contribution in [1.82, 2.24) is 9.88 Å². The molecule has 2 heterocycles. The molecule has 1 aromatic carbocycles. The second-order valence-corrected chi connectivity index (χ2v) is 7.20. The van der Waals surface area contributed by atoms with Gasteiger partial charge in [-0.15, -0.1) is 0 Å². The van der Waals surface area contributed by atoms with E-state index in [1.807, 2.05) is 17.0 Å². The van der Waals surface area contributed by atoms with Gasteiger partial charge >= 0.3 is 5.97 Å². The van der Waals surface area contributed by atoms with Crippen molar-refractivity contribution in [2.24, 2.45) is 11.8 Å². The average molecular weight is 340 g/mol. The van der Waals surface area contributed by atoms with Gasteiger partial charge in [0.1, 0.15) is 0 Å². The Kier molecular flexibility index (Phi) is 4.02. The number of benzene rings is 1. The lowest BCUT2D eigenvalue weighted by molar-refractivity contribution is -0.133. The van der Waals surface area contributed by atoms with Crippen molar-refractivity contribution in [3.63, 3.8) is 0 Å². The number of nitrogens with zero attached hydrogens (tertiary/aromatic N) is 1. The van der Waals surface area contributed by atoms with Crippen molar-refractivity contribution in [2.45, 2.75) is 39.2 Å². The topological polar surface area (TPSA) is 62.4 Å². The standard InChI is InChI=1S/C20H24N2O3/c1-3-5-12-10-15(12)19(23)22-9-8-17-16(11-22)13-6-4-7-14(18(13)21-17)20(24)25-2/h4,6-7,12,15,21H,3,5,8-11H2,1-2H3/t12-,15+/m0/s1. The van der Waals surface area contributed by atoms with Crippen LogP contribution in [0.5, 0.6) is 0 Å². The molecule has 4 rings (SSSR count). The third kappa shape index (κ3) is 2.71. The highest BCUT2D eigenvalue weighted by Crippen LogP contribution is 2.44. The number of hydrogen-bond donors (Lipinski definition) is 1. The molecule has 1 N–H and O–H groups in total. The summed E-state index contributed by atoms with van der Waals surface area (Å²) in [6.45, 7) is 3.56. The van der Waals surface area contributed by atoms with Crippen LogP contribution in [0.4, 0.5) is 0 Å². The van der Waals surface area contributed by atoms with Gasteiger partial charge in [-0.05, 0) is 24.8 Å². The summed E-state index contributed by atoms with van der Waals surface area (Å²) in [7, 11) is 1.40. The molecule has 25 heavy (non-hydrogen) atoms. The Balaban J connectivity index is 1.61. The molecule has 1 aliphatic heterocycles. The van der Waals surface area contributed by atoms with Crippen LogP contribution in [-0.2, 0) is 22.5 Å². The minimum atomic E-state index is -0.336. The third-order valence-corrected chi connectivity index (χ3v) is 5.63. The molecular weight excluding hydrogens is 316 g/mol.